The van der Waals surface area contributed by atoms with Gasteiger partial charge >= 0.3 is 0 Å². The standard InChI is InChI=1S/C22H22N4O5S/c1-13-20(30-16-6-8-26(9-7-16)14(2)27)23-12-24-21(13)31-17-5-3-4-15(10-17)11-18-19(28)25-22(29)32-18/h3-5,10-12,16H,6-9H2,1-2H3,(H,25,28,29). The Labute approximate surface area is 189 Å². The Morgan fingerprint density at radius 1 is 1.22 bits per heavy atom. The summed E-state index contributed by atoms with van der Waals surface area (Å²) in [5.74, 6) is 1.01. The highest BCUT2D eigenvalue weighted by molar-refractivity contribution is 8.18. The number of carbonyl (C=O) groups excluding carboxylic acids is 3. The number of nitrogens with one attached hydrogen (secondary N) is 1. The van der Waals surface area contributed by atoms with Gasteiger partial charge < -0.3 is 14.4 Å². The summed E-state index contributed by atoms with van der Waals surface area (Å²) in [4.78, 5) is 45.2. The Hall–Kier alpha value is -3.40. The molecule has 0 unspecified atom stereocenters. The lowest BCUT2D eigenvalue weighted by atomic mass is 10.1. The van der Waals surface area contributed by atoms with E-state index in [9.17, 15) is 14.4 Å². The second-order valence-corrected chi connectivity index (χ2v) is 8.47. The van der Waals surface area contributed by atoms with Crippen molar-refractivity contribution in [2.24, 2.45) is 0 Å². The molecule has 2 aromatic rings. The molecule has 0 spiro atoms. The number of thioether (sulfide) groups is 1. The van der Waals surface area contributed by atoms with E-state index in [1.165, 1.54) is 6.33 Å². The summed E-state index contributed by atoms with van der Waals surface area (Å²) < 4.78 is 12.0. The van der Waals surface area contributed by atoms with Crippen LogP contribution in [0.25, 0.3) is 6.08 Å². The van der Waals surface area contributed by atoms with Gasteiger partial charge in [-0.25, -0.2) is 9.97 Å². The molecule has 10 heteroatoms. The lowest BCUT2D eigenvalue weighted by Gasteiger charge is -2.31. The minimum absolute atomic E-state index is 0.0280. The third kappa shape index (κ3) is 5.08. The number of rotatable bonds is 5. The van der Waals surface area contributed by atoms with Gasteiger partial charge in [0.05, 0.1) is 10.5 Å². The number of amides is 3. The third-order valence-electron chi connectivity index (χ3n) is 5.17. The number of benzene rings is 1. The van der Waals surface area contributed by atoms with Crippen molar-refractivity contribution < 1.29 is 23.9 Å². The van der Waals surface area contributed by atoms with Crippen LogP contribution < -0.4 is 14.8 Å². The summed E-state index contributed by atoms with van der Waals surface area (Å²) in [6, 6.07) is 7.13. The maximum Gasteiger partial charge on any atom is 0.290 e. The molecular weight excluding hydrogens is 432 g/mol. The van der Waals surface area contributed by atoms with E-state index in [1.807, 2.05) is 17.9 Å². The highest BCUT2D eigenvalue weighted by atomic mass is 32.2. The minimum atomic E-state index is -0.408. The molecule has 0 bridgehead atoms. The van der Waals surface area contributed by atoms with Crippen LogP contribution in [0.3, 0.4) is 0 Å². The molecule has 166 valence electrons. The van der Waals surface area contributed by atoms with Gasteiger partial charge in [-0.2, -0.15) is 0 Å². The zero-order chi connectivity index (χ0) is 22.7. The first kappa shape index (κ1) is 21.8. The van der Waals surface area contributed by atoms with Crippen molar-refractivity contribution in [2.75, 3.05) is 13.1 Å². The number of imide groups is 1. The van der Waals surface area contributed by atoms with Crippen LogP contribution in [0.2, 0.25) is 0 Å². The normalized spacial score (nSPS) is 18.1. The molecule has 9 nitrogen and oxygen atoms in total. The minimum Gasteiger partial charge on any atom is -0.474 e. The van der Waals surface area contributed by atoms with Crippen molar-refractivity contribution in [3.63, 3.8) is 0 Å². The smallest absolute Gasteiger partial charge is 0.290 e. The van der Waals surface area contributed by atoms with Crippen LogP contribution in [0.1, 0.15) is 30.9 Å². The molecule has 2 aliphatic heterocycles. The van der Waals surface area contributed by atoms with Gasteiger partial charge in [0.1, 0.15) is 18.2 Å². The number of hydrogen-bond acceptors (Lipinski definition) is 8. The van der Waals surface area contributed by atoms with Gasteiger partial charge in [-0.15, -0.1) is 0 Å². The predicted octanol–water partition coefficient (Wildman–Crippen LogP) is 3.29. The highest BCUT2D eigenvalue weighted by Gasteiger charge is 2.25. The molecular formula is C22H22N4O5S. The van der Waals surface area contributed by atoms with E-state index < -0.39 is 5.91 Å². The van der Waals surface area contributed by atoms with Crippen molar-refractivity contribution in [1.29, 1.82) is 0 Å². The number of nitrogens with zero attached hydrogens (tertiary/aromatic N) is 3. The van der Waals surface area contributed by atoms with Crippen LogP contribution in [0.4, 0.5) is 4.79 Å². The van der Waals surface area contributed by atoms with Crippen LogP contribution in [0.15, 0.2) is 35.5 Å². The molecule has 0 radical (unpaired) electrons. The fourth-order valence-electron chi connectivity index (χ4n) is 3.44. The summed E-state index contributed by atoms with van der Waals surface area (Å²) in [5.41, 5.74) is 1.39. The predicted molar refractivity (Wildman–Crippen MR) is 118 cm³/mol. The second-order valence-electron chi connectivity index (χ2n) is 7.46. The van der Waals surface area contributed by atoms with E-state index >= 15 is 0 Å². The number of hydrogen-bond donors (Lipinski definition) is 1. The third-order valence-corrected chi connectivity index (χ3v) is 5.98. The molecule has 2 aliphatic rings. The maximum atomic E-state index is 11.8. The average molecular weight is 455 g/mol. The molecule has 1 aromatic carbocycles. The van der Waals surface area contributed by atoms with Crippen molar-refractivity contribution >= 4 is 34.9 Å². The molecule has 3 heterocycles. The summed E-state index contributed by atoms with van der Waals surface area (Å²) in [6.45, 7) is 4.73. The van der Waals surface area contributed by atoms with Crippen molar-refractivity contribution in [1.82, 2.24) is 20.2 Å². The van der Waals surface area contributed by atoms with Gasteiger partial charge in [0.25, 0.3) is 11.1 Å². The monoisotopic (exact) mass is 454 g/mol. The maximum absolute atomic E-state index is 11.8. The van der Waals surface area contributed by atoms with Gasteiger partial charge in [-0.05, 0) is 42.5 Å². The number of likely N-dealkylation sites (tertiary alicyclic amines) is 1. The van der Waals surface area contributed by atoms with Gasteiger partial charge in [0.2, 0.25) is 17.7 Å². The molecule has 32 heavy (non-hydrogen) atoms. The van der Waals surface area contributed by atoms with E-state index in [0.717, 1.165) is 30.2 Å². The lowest BCUT2D eigenvalue weighted by molar-refractivity contribution is -0.130. The number of ether oxygens (including phenoxy) is 2. The summed E-state index contributed by atoms with van der Waals surface area (Å²) >= 11 is 0.863. The fourth-order valence-corrected chi connectivity index (χ4v) is 4.12. The van der Waals surface area contributed by atoms with Crippen molar-refractivity contribution in [2.45, 2.75) is 32.8 Å². The van der Waals surface area contributed by atoms with Crippen molar-refractivity contribution in [3.05, 3.63) is 46.6 Å². The zero-order valence-corrected chi connectivity index (χ0v) is 18.5. The number of carbonyl (C=O) groups is 3. The van der Waals surface area contributed by atoms with Crippen LogP contribution >= 0.6 is 11.8 Å². The van der Waals surface area contributed by atoms with Gasteiger partial charge in [0.15, 0.2) is 0 Å². The van der Waals surface area contributed by atoms with Crippen molar-refractivity contribution in [3.8, 4) is 17.5 Å². The summed E-state index contributed by atoms with van der Waals surface area (Å²) in [7, 11) is 0. The topological polar surface area (TPSA) is 111 Å². The Kier molecular flexibility index (Phi) is 6.40. The number of piperidine rings is 1. The second kappa shape index (κ2) is 9.39. The van der Waals surface area contributed by atoms with Gasteiger partial charge in [-0.1, -0.05) is 12.1 Å². The molecule has 2 fully saturated rings. The zero-order valence-electron chi connectivity index (χ0n) is 17.7. The molecule has 0 atom stereocenters. The van der Waals surface area contributed by atoms with Gasteiger partial charge in [0, 0.05) is 32.9 Å². The molecule has 1 N–H and O–H groups in total. The average Bonchev–Trinajstić information content (AvgIpc) is 3.08. The molecule has 2 saturated heterocycles. The Bertz CT molecular complexity index is 1100. The fraction of sp³-hybridized carbons (Fsp3) is 0.318. The van der Waals surface area contributed by atoms with E-state index in [0.29, 0.717) is 41.1 Å². The lowest BCUT2D eigenvalue weighted by Crippen LogP contribution is -2.40. The quantitative estimate of drug-likeness (QED) is 0.685. The summed E-state index contributed by atoms with van der Waals surface area (Å²) in [5, 5.41) is 1.85. The molecule has 3 amide bonds. The van der Waals surface area contributed by atoms with E-state index in [1.54, 1.807) is 31.2 Å². The van der Waals surface area contributed by atoms with E-state index in [-0.39, 0.29) is 17.3 Å². The first-order valence-electron chi connectivity index (χ1n) is 10.2. The van der Waals surface area contributed by atoms with E-state index in [4.69, 9.17) is 9.47 Å². The SMILES string of the molecule is CC(=O)N1CCC(Oc2ncnc(Oc3cccc(C=C4SC(=O)NC4=O)c3)c2C)CC1. The Morgan fingerprint density at radius 3 is 2.66 bits per heavy atom. The van der Waals surface area contributed by atoms with Crippen LogP contribution in [-0.2, 0) is 9.59 Å². The Morgan fingerprint density at radius 2 is 1.97 bits per heavy atom. The van der Waals surface area contributed by atoms with Gasteiger partial charge in [-0.3, -0.25) is 19.7 Å². The van der Waals surface area contributed by atoms with E-state index in [2.05, 4.69) is 15.3 Å². The first-order valence-corrected chi connectivity index (χ1v) is 11.0. The largest absolute Gasteiger partial charge is 0.474 e. The summed E-state index contributed by atoms with van der Waals surface area (Å²) in [6.07, 6.45) is 4.47. The highest BCUT2D eigenvalue weighted by Crippen LogP contribution is 2.31. The van der Waals surface area contributed by atoms with Crippen LogP contribution in [-0.4, -0.2) is 51.1 Å². The first-order chi connectivity index (χ1) is 15.4. The number of aromatic nitrogens is 2. The molecule has 4 rings (SSSR count). The van der Waals surface area contributed by atoms with Crippen LogP contribution in [0.5, 0.6) is 17.5 Å². The Balaban J connectivity index is 1.45. The molecule has 0 aliphatic carbocycles. The molecule has 1 aromatic heterocycles. The molecule has 0 saturated carbocycles. The van der Waals surface area contributed by atoms with Crippen LogP contribution in [0, 0.1) is 6.92 Å².